The van der Waals surface area contributed by atoms with Crippen molar-refractivity contribution in [1.29, 1.82) is 0 Å². The van der Waals surface area contributed by atoms with Crippen LogP contribution < -0.4 is 4.90 Å². The molecular weight excluding hydrogens is 723 g/mol. The highest BCUT2D eigenvalue weighted by Gasteiger charge is 2.46. The molecule has 282 valence electrons. The first-order chi connectivity index (χ1) is 29.8. The predicted molar refractivity (Wildman–Crippen MR) is 252 cm³/mol. The number of benzene rings is 10. The molecule has 0 heterocycles. The minimum Gasteiger partial charge on any atom is -0.310 e. The first kappa shape index (κ1) is 35.4. The summed E-state index contributed by atoms with van der Waals surface area (Å²) < 4.78 is 0. The van der Waals surface area contributed by atoms with Gasteiger partial charge < -0.3 is 4.90 Å². The van der Waals surface area contributed by atoms with Crippen LogP contribution in [0.3, 0.4) is 0 Å². The molecule has 11 rings (SSSR count). The van der Waals surface area contributed by atoms with Gasteiger partial charge in [0.1, 0.15) is 0 Å². The Hall–Kier alpha value is -7.74. The van der Waals surface area contributed by atoms with Crippen LogP contribution in [0.25, 0.3) is 55.3 Å². The maximum atomic E-state index is 2.46. The molecule has 0 unspecified atom stereocenters. The summed E-state index contributed by atoms with van der Waals surface area (Å²) in [5.74, 6) is 0. The molecule has 0 spiro atoms. The van der Waals surface area contributed by atoms with Crippen LogP contribution in [-0.2, 0) is 5.41 Å². The van der Waals surface area contributed by atoms with Gasteiger partial charge in [0.05, 0.1) is 5.41 Å². The number of rotatable bonds is 8. The lowest BCUT2D eigenvalue weighted by Crippen LogP contribution is -2.28. The monoisotopic (exact) mass is 763 g/mol. The third kappa shape index (κ3) is 5.86. The molecular formula is C59H41N. The van der Waals surface area contributed by atoms with Gasteiger partial charge in [0.25, 0.3) is 0 Å². The van der Waals surface area contributed by atoms with Gasteiger partial charge in [0.2, 0.25) is 0 Å². The fraction of sp³-hybridized carbons (Fsp3) is 0.0169. The summed E-state index contributed by atoms with van der Waals surface area (Å²) in [7, 11) is 0. The van der Waals surface area contributed by atoms with Gasteiger partial charge in [0.15, 0.2) is 0 Å². The molecule has 0 radical (unpaired) electrons. The highest BCUT2D eigenvalue weighted by Crippen LogP contribution is 2.57. The van der Waals surface area contributed by atoms with Crippen molar-refractivity contribution in [3.05, 3.63) is 271 Å². The van der Waals surface area contributed by atoms with E-state index in [-0.39, 0.29) is 0 Å². The number of fused-ring (bicyclic) bond motifs is 4. The Labute approximate surface area is 352 Å². The van der Waals surface area contributed by atoms with Gasteiger partial charge in [-0.25, -0.2) is 0 Å². The van der Waals surface area contributed by atoms with E-state index in [1.807, 2.05) is 0 Å². The standard InChI is InChI=1S/C59H41N/c1-4-19-42(20-5-1)51-32-12-13-33-53(51)44-23-16-29-48(39-44)60(49-30-17-24-45(40-49)54-35-18-22-43-21-10-11-31-52(43)54)50-37-38-56-55-34-14-15-36-57(55)59(58(56)41-50,46-25-6-2-7-26-46)47-27-8-3-9-28-47/h1-41H. The molecule has 0 N–H and O–H groups in total. The van der Waals surface area contributed by atoms with Crippen LogP contribution in [0.2, 0.25) is 0 Å². The van der Waals surface area contributed by atoms with Gasteiger partial charge in [-0.15, -0.1) is 0 Å². The van der Waals surface area contributed by atoms with Crippen LogP contribution in [0.4, 0.5) is 17.1 Å². The highest BCUT2D eigenvalue weighted by atomic mass is 15.1. The van der Waals surface area contributed by atoms with Crippen molar-refractivity contribution < 1.29 is 0 Å². The highest BCUT2D eigenvalue weighted by molar-refractivity contribution is 5.98. The first-order valence-corrected chi connectivity index (χ1v) is 20.8. The molecule has 1 heteroatoms. The van der Waals surface area contributed by atoms with E-state index in [4.69, 9.17) is 0 Å². The quantitative estimate of drug-likeness (QED) is 0.149. The van der Waals surface area contributed by atoms with Gasteiger partial charge in [0, 0.05) is 17.1 Å². The smallest absolute Gasteiger partial charge is 0.0714 e. The maximum absolute atomic E-state index is 2.46. The van der Waals surface area contributed by atoms with E-state index in [1.165, 1.54) is 77.5 Å². The van der Waals surface area contributed by atoms with E-state index in [0.717, 1.165) is 17.1 Å². The summed E-state index contributed by atoms with van der Waals surface area (Å²) in [5, 5.41) is 2.48. The lowest BCUT2D eigenvalue weighted by molar-refractivity contribution is 0.768. The Morgan fingerprint density at radius 3 is 1.40 bits per heavy atom. The molecule has 60 heavy (non-hydrogen) atoms. The van der Waals surface area contributed by atoms with E-state index in [9.17, 15) is 0 Å². The summed E-state index contributed by atoms with van der Waals surface area (Å²) in [6.07, 6.45) is 0. The van der Waals surface area contributed by atoms with E-state index in [2.05, 4.69) is 254 Å². The Morgan fingerprint density at radius 2 is 0.717 bits per heavy atom. The normalized spacial score (nSPS) is 12.5. The maximum Gasteiger partial charge on any atom is 0.0714 e. The van der Waals surface area contributed by atoms with Crippen LogP contribution in [0.15, 0.2) is 249 Å². The van der Waals surface area contributed by atoms with E-state index >= 15 is 0 Å². The molecule has 0 saturated heterocycles. The van der Waals surface area contributed by atoms with E-state index in [1.54, 1.807) is 0 Å². The lowest BCUT2D eigenvalue weighted by atomic mass is 9.67. The van der Waals surface area contributed by atoms with Gasteiger partial charge in [-0.2, -0.15) is 0 Å². The van der Waals surface area contributed by atoms with E-state index in [0.29, 0.717) is 0 Å². The second kappa shape index (κ2) is 14.9. The summed E-state index contributed by atoms with van der Waals surface area (Å²) in [6.45, 7) is 0. The second-order valence-electron chi connectivity index (χ2n) is 15.6. The largest absolute Gasteiger partial charge is 0.310 e. The van der Waals surface area contributed by atoms with Crippen molar-refractivity contribution in [2.24, 2.45) is 0 Å². The third-order valence-electron chi connectivity index (χ3n) is 12.3. The Balaban J connectivity index is 1.16. The molecule has 1 aliphatic carbocycles. The molecule has 1 aliphatic rings. The van der Waals surface area contributed by atoms with Crippen molar-refractivity contribution in [1.82, 2.24) is 0 Å². The molecule has 10 aromatic carbocycles. The van der Waals surface area contributed by atoms with Crippen LogP contribution in [0.1, 0.15) is 22.3 Å². The predicted octanol–water partition coefficient (Wildman–Crippen LogP) is 15.7. The SMILES string of the molecule is c1ccc(-c2ccccc2-c2cccc(N(c3cccc(-c4cccc5ccccc45)c3)c3ccc4c(c3)C(c3ccccc3)(c3ccccc3)c3ccccc3-4)c2)cc1. The summed E-state index contributed by atoms with van der Waals surface area (Å²) in [5.41, 5.74) is 17.6. The zero-order chi connectivity index (χ0) is 39.9. The third-order valence-corrected chi connectivity index (χ3v) is 12.3. The van der Waals surface area contributed by atoms with Gasteiger partial charge in [-0.3, -0.25) is 0 Å². The Kier molecular flexibility index (Phi) is 8.79. The van der Waals surface area contributed by atoms with Crippen LogP contribution in [0, 0.1) is 0 Å². The molecule has 0 fully saturated rings. The lowest BCUT2D eigenvalue weighted by Gasteiger charge is -2.35. The Bertz CT molecular complexity index is 3100. The number of nitrogens with zero attached hydrogens (tertiary/aromatic N) is 1. The summed E-state index contributed by atoms with van der Waals surface area (Å²) in [4.78, 5) is 2.45. The summed E-state index contributed by atoms with van der Waals surface area (Å²) in [6, 6.07) is 91.1. The molecule has 0 aliphatic heterocycles. The zero-order valence-corrected chi connectivity index (χ0v) is 33.1. The molecule has 0 bridgehead atoms. The minimum atomic E-state index is -0.516. The second-order valence-corrected chi connectivity index (χ2v) is 15.6. The minimum absolute atomic E-state index is 0.516. The zero-order valence-electron chi connectivity index (χ0n) is 33.1. The van der Waals surface area contributed by atoms with Crippen molar-refractivity contribution in [3.8, 4) is 44.5 Å². The first-order valence-electron chi connectivity index (χ1n) is 20.8. The molecule has 0 saturated carbocycles. The van der Waals surface area contributed by atoms with Gasteiger partial charge in [-0.1, -0.05) is 212 Å². The summed E-state index contributed by atoms with van der Waals surface area (Å²) >= 11 is 0. The molecule has 10 aromatic rings. The molecule has 0 aromatic heterocycles. The molecule has 0 atom stereocenters. The Morgan fingerprint density at radius 1 is 0.267 bits per heavy atom. The van der Waals surface area contributed by atoms with Crippen LogP contribution in [0.5, 0.6) is 0 Å². The van der Waals surface area contributed by atoms with Crippen LogP contribution >= 0.6 is 0 Å². The average Bonchev–Trinajstić information content (AvgIpc) is 3.63. The van der Waals surface area contributed by atoms with E-state index < -0.39 is 5.41 Å². The number of anilines is 3. The molecule has 1 nitrogen and oxygen atoms in total. The number of hydrogen-bond donors (Lipinski definition) is 0. The van der Waals surface area contributed by atoms with Crippen molar-refractivity contribution in [3.63, 3.8) is 0 Å². The fourth-order valence-electron chi connectivity index (χ4n) is 9.73. The van der Waals surface area contributed by atoms with Crippen LogP contribution in [-0.4, -0.2) is 0 Å². The molecule has 0 amide bonds. The van der Waals surface area contributed by atoms with Crippen molar-refractivity contribution in [2.45, 2.75) is 5.41 Å². The van der Waals surface area contributed by atoms with Crippen molar-refractivity contribution in [2.75, 3.05) is 4.90 Å². The topological polar surface area (TPSA) is 3.24 Å². The fourth-order valence-corrected chi connectivity index (χ4v) is 9.73. The van der Waals surface area contributed by atoms with Gasteiger partial charge >= 0.3 is 0 Å². The van der Waals surface area contributed by atoms with Gasteiger partial charge in [-0.05, 0) is 114 Å². The average molecular weight is 764 g/mol. The van der Waals surface area contributed by atoms with Crippen molar-refractivity contribution >= 4 is 27.8 Å². The number of hydrogen-bond acceptors (Lipinski definition) is 1.